The van der Waals surface area contributed by atoms with Crippen molar-refractivity contribution in [2.24, 2.45) is 0 Å². The quantitative estimate of drug-likeness (QED) is 0.730. The van der Waals surface area contributed by atoms with Crippen molar-refractivity contribution in [1.82, 2.24) is 10.2 Å². The molecule has 0 saturated carbocycles. The molecule has 0 radical (unpaired) electrons. The zero-order valence-corrected chi connectivity index (χ0v) is 17.3. The predicted molar refractivity (Wildman–Crippen MR) is 108 cm³/mol. The van der Waals surface area contributed by atoms with Crippen molar-refractivity contribution in [2.75, 3.05) is 25.4 Å². The molecule has 6 nitrogen and oxygen atoms in total. The van der Waals surface area contributed by atoms with Crippen LogP contribution in [0, 0.1) is 6.92 Å². The van der Waals surface area contributed by atoms with Crippen LogP contribution in [0.25, 0.3) is 0 Å². The number of likely N-dealkylation sites (tertiary alicyclic amines) is 1. The molecule has 2 aromatic rings. The van der Waals surface area contributed by atoms with Crippen LogP contribution in [0.5, 0.6) is 0 Å². The van der Waals surface area contributed by atoms with Crippen molar-refractivity contribution >= 4 is 15.7 Å². The monoisotopic (exact) mass is 404 g/mol. The van der Waals surface area contributed by atoms with Crippen molar-refractivity contribution < 1.29 is 17.6 Å². The van der Waals surface area contributed by atoms with Crippen LogP contribution in [-0.2, 0) is 9.84 Å². The smallest absolute Gasteiger partial charge is 0.252 e. The van der Waals surface area contributed by atoms with E-state index in [2.05, 4.69) is 10.2 Å². The molecule has 28 heavy (non-hydrogen) atoms. The van der Waals surface area contributed by atoms with Gasteiger partial charge in [-0.3, -0.25) is 9.69 Å². The Morgan fingerprint density at radius 2 is 1.89 bits per heavy atom. The molecule has 0 bridgehead atoms. The van der Waals surface area contributed by atoms with E-state index in [1.54, 1.807) is 18.2 Å². The number of hydrogen-bond acceptors (Lipinski definition) is 5. The van der Waals surface area contributed by atoms with Crippen LogP contribution in [0.3, 0.4) is 0 Å². The van der Waals surface area contributed by atoms with E-state index in [4.69, 9.17) is 4.42 Å². The van der Waals surface area contributed by atoms with Gasteiger partial charge in [-0.05, 0) is 63.5 Å². The lowest BCUT2D eigenvalue weighted by atomic mass is 10.1. The Labute approximate surface area is 166 Å². The molecule has 7 heteroatoms. The van der Waals surface area contributed by atoms with E-state index >= 15 is 0 Å². The molecular formula is C21H28N2O4S. The third-order valence-electron chi connectivity index (χ3n) is 5.07. The van der Waals surface area contributed by atoms with Gasteiger partial charge in [0.2, 0.25) is 0 Å². The van der Waals surface area contributed by atoms with Gasteiger partial charge in [0.15, 0.2) is 9.84 Å². The molecule has 1 aromatic heterocycles. The molecule has 1 fully saturated rings. The highest BCUT2D eigenvalue weighted by molar-refractivity contribution is 7.91. The molecule has 1 N–H and O–H groups in total. The molecule has 152 valence electrons. The lowest BCUT2D eigenvalue weighted by Crippen LogP contribution is -2.37. The van der Waals surface area contributed by atoms with Crippen LogP contribution in [-0.4, -0.2) is 44.6 Å². The number of nitrogens with one attached hydrogen (secondary N) is 1. The number of furan rings is 1. The number of benzene rings is 1. The van der Waals surface area contributed by atoms with Gasteiger partial charge in [-0.25, -0.2) is 8.42 Å². The molecule has 1 aliphatic rings. The first kappa shape index (κ1) is 20.6. The Morgan fingerprint density at radius 1 is 1.18 bits per heavy atom. The molecule has 1 aliphatic heterocycles. The van der Waals surface area contributed by atoms with Crippen LogP contribution in [0.15, 0.2) is 45.7 Å². The van der Waals surface area contributed by atoms with E-state index in [0.717, 1.165) is 37.5 Å². The molecule has 0 aliphatic carbocycles. The zero-order valence-electron chi connectivity index (χ0n) is 16.5. The average molecular weight is 405 g/mol. The molecule has 0 spiro atoms. The Hall–Kier alpha value is -2.12. The van der Waals surface area contributed by atoms with Gasteiger partial charge < -0.3 is 9.73 Å². The fraction of sp³-hybridized carbons (Fsp3) is 0.476. The van der Waals surface area contributed by atoms with Gasteiger partial charge in [0.25, 0.3) is 5.91 Å². The summed E-state index contributed by atoms with van der Waals surface area (Å²) in [7, 11) is -3.48. The van der Waals surface area contributed by atoms with E-state index < -0.39 is 9.84 Å². The first-order valence-corrected chi connectivity index (χ1v) is 11.5. The van der Waals surface area contributed by atoms with Crippen LogP contribution < -0.4 is 5.32 Å². The highest BCUT2D eigenvalue weighted by Gasteiger charge is 2.27. The summed E-state index contributed by atoms with van der Waals surface area (Å²) in [6.45, 7) is 6.00. The van der Waals surface area contributed by atoms with Gasteiger partial charge >= 0.3 is 0 Å². The number of hydrogen-bond donors (Lipinski definition) is 1. The summed E-state index contributed by atoms with van der Waals surface area (Å²) in [6, 6.07) is 10.2. The normalized spacial score (nSPS) is 16.2. The summed E-state index contributed by atoms with van der Waals surface area (Å²) >= 11 is 0. The molecule has 1 aromatic carbocycles. The van der Waals surface area contributed by atoms with Crippen LogP contribution in [0.2, 0.25) is 0 Å². The van der Waals surface area contributed by atoms with Crippen molar-refractivity contribution in [1.29, 1.82) is 0 Å². The van der Waals surface area contributed by atoms with E-state index in [-0.39, 0.29) is 28.2 Å². The fourth-order valence-electron chi connectivity index (χ4n) is 3.68. The van der Waals surface area contributed by atoms with Gasteiger partial charge in [0, 0.05) is 6.54 Å². The number of sulfone groups is 1. The number of carbonyl (C=O) groups excluding carboxylic acids is 1. The molecular weight excluding hydrogens is 376 g/mol. The minimum absolute atomic E-state index is 0.0272. The summed E-state index contributed by atoms with van der Waals surface area (Å²) in [5.41, 5.74) is 0.201. The minimum atomic E-state index is -3.48. The highest BCUT2D eigenvalue weighted by Crippen LogP contribution is 2.26. The summed E-state index contributed by atoms with van der Waals surface area (Å²) in [6.07, 6.45) is 2.76. The Morgan fingerprint density at radius 3 is 2.54 bits per heavy atom. The average Bonchev–Trinajstić information content (AvgIpc) is 3.34. The molecule has 1 unspecified atom stereocenters. The summed E-state index contributed by atoms with van der Waals surface area (Å²) in [4.78, 5) is 15.2. The lowest BCUT2D eigenvalue weighted by Gasteiger charge is -2.26. The summed E-state index contributed by atoms with van der Waals surface area (Å²) < 4.78 is 30.9. The third-order valence-corrected chi connectivity index (χ3v) is 7.04. The maximum atomic E-state index is 12.8. The first-order valence-electron chi connectivity index (χ1n) is 9.82. The van der Waals surface area contributed by atoms with Crippen molar-refractivity contribution in [3.63, 3.8) is 0 Å². The van der Waals surface area contributed by atoms with Crippen molar-refractivity contribution in [3.8, 4) is 0 Å². The molecule has 1 atom stereocenters. The standard InChI is InChI=1S/C21H28N2O4S/c1-3-14-28(25,26)20-9-5-4-8-17(20)21(24)22-15-18(23-12-6-7-13-23)19-11-10-16(2)27-19/h4-5,8-11,18H,3,6-7,12-15H2,1-2H3,(H,22,24). The van der Waals surface area contributed by atoms with Crippen LogP contribution >= 0.6 is 0 Å². The van der Waals surface area contributed by atoms with Gasteiger partial charge in [0.05, 0.1) is 22.3 Å². The van der Waals surface area contributed by atoms with Gasteiger partial charge in [-0.15, -0.1) is 0 Å². The second-order valence-corrected chi connectivity index (χ2v) is 9.31. The maximum Gasteiger partial charge on any atom is 0.252 e. The number of nitrogens with zero attached hydrogens (tertiary/aromatic N) is 1. The van der Waals surface area contributed by atoms with Gasteiger partial charge in [0.1, 0.15) is 11.5 Å². The third kappa shape index (κ3) is 4.64. The molecule has 2 heterocycles. The topological polar surface area (TPSA) is 79.6 Å². The van der Waals surface area contributed by atoms with Crippen LogP contribution in [0.4, 0.5) is 0 Å². The second kappa shape index (κ2) is 8.92. The molecule has 3 rings (SSSR count). The van der Waals surface area contributed by atoms with Gasteiger partial charge in [-0.1, -0.05) is 19.1 Å². The highest BCUT2D eigenvalue weighted by atomic mass is 32.2. The number of carbonyl (C=O) groups is 1. The first-order chi connectivity index (χ1) is 13.4. The van der Waals surface area contributed by atoms with Gasteiger partial charge in [-0.2, -0.15) is 0 Å². The van der Waals surface area contributed by atoms with Crippen molar-refractivity contribution in [2.45, 2.75) is 44.0 Å². The maximum absolute atomic E-state index is 12.8. The largest absolute Gasteiger partial charge is 0.465 e. The summed E-state index contributed by atoms with van der Waals surface area (Å²) in [5, 5.41) is 2.93. The zero-order chi connectivity index (χ0) is 20.1. The Bertz CT molecular complexity index is 914. The SMILES string of the molecule is CCCS(=O)(=O)c1ccccc1C(=O)NCC(c1ccc(C)o1)N1CCCC1. The van der Waals surface area contributed by atoms with Crippen LogP contribution in [0.1, 0.15) is 54.1 Å². The lowest BCUT2D eigenvalue weighted by molar-refractivity contribution is 0.0930. The van der Waals surface area contributed by atoms with E-state index in [9.17, 15) is 13.2 Å². The van der Waals surface area contributed by atoms with E-state index in [0.29, 0.717) is 13.0 Å². The van der Waals surface area contributed by atoms with E-state index in [1.807, 2.05) is 26.0 Å². The predicted octanol–water partition coefficient (Wildman–Crippen LogP) is 3.34. The second-order valence-electron chi connectivity index (χ2n) is 7.23. The summed E-state index contributed by atoms with van der Waals surface area (Å²) in [5.74, 6) is 1.31. The number of aryl methyl sites for hydroxylation is 1. The molecule has 1 amide bonds. The van der Waals surface area contributed by atoms with Crippen molar-refractivity contribution in [3.05, 3.63) is 53.5 Å². The van der Waals surface area contributed by atoms with E-state index in [1.165, 1.54) is 6.07 Å². The number of amides is 1. The fourth-order valence-corrected chi connectivity index (χ4v) is 5.22. The molecule has 1 saturated heterocycles. The Kier molecular flexibility index (Phi) is 6.57. The number of rotatable bonds is 8. The Balaban J connectivity index is 1.79. The minimum Gasteiger partial charge on any atom is -0.465 e.